The van der Waals surface area contributed by atoms with E-state index < -0.39 is 10.0 Å². The van der Waals surface area contributed by atoms with E-state index in [1.165, 1.54) is 16.4 Å². The number of hydrogen-bond donors (Lipinski definition) is 0. The van der Waals surface area contributed by atoms with Crippen LogP contribution in [-0.4, -0.2) is 56.3 Å². The normalized spacial score (nSPS) is 19.7. The Morgan fingerprint density at radius 3 is 2.48 bits per heavy atom. The molecule has 2 aromatic rings. The highest BCUT2D eigenvalue weighted by atomic mass is 32.2. The number of nitriles is 1. The third kappa shape index (κ3) is 3.71. The van der Waals surface area contributed by atoms with Gasteiger partial charge in [0, 0.05) is 26.2 Å². The van der Waals surface area contributed by atoms with Gasteiger partial charge in [0.2, 0.25) is 15.9 Å². The van der Waals surface area contributed by atoms with Gasteiger partial charge in [0.05, 0.1) is 16.4 Å². The average Bonchev–Trinajstić information content (AvgIpc) is 2.78. The number of carbonyl (C=O) groups is 1. The lowest BCUT2D eigenvalue weighted by molar-refractivity contribution is -0.138. The summed E-state index contributed by atoms with van der Waals surface area (Å²) in [5, 5.41) is 9.21. The minimum atomic E-state index is -3.77. The standard InChI is InChI=1S/C21H21N3O4S/c22-14-17-6-2-4-8-20(17)29(26,27)24-11-9-23(10-12-24)21(25)18-13-16-5-1-3-7-19(16)28-15-18/h1-8,18H,9-13,15H2. The third-order valence-electron chi connectivity index (χ3n) is 5.40. The highest BCUT2D eigenvalue weighted by molar-refractivity contribution is 7.89. The minimum absolute atomic E-state index is 0.00558. The van der Waals surface area contributed by atoms with E-state index in [1.807, 2.05) is 30.3 Å². The van der Waals surface area contributed by atoms with Crippen molar-refractivity contribution in [1.82, 2.24) is 9.21 Å². The first-order chi connectivity index (χ1) is 14.0. The zero-order valence-electron chi connectivity index (χ0n) is 15.8. The van der Waals surface area contributed by atoms with Crippen molar-refractivity contribution in [2.24, 2.45) is 5.92 Å². The third-order valence-corrected chi connectivity index (χ3v) is 7.36. The topological polar surface area (TPSA) is 90.7 Å². The van der Waals surface area contributed by atoms with Crippen molar-refractivity contribution in [3.8, 4) is 11.8 Å². The number of hydrogen-bond acceptors (Lipinski definition) is 5. The van der Waals surface area contributed by atoms with E-state index in [2.05, 4.69) is 0 Å². The van der Waals surface area contributed by atoms with Crippen LogP contribution in [0.15, 0.2) is 53.4 Å². The molecule has 0 saturated carbocycles. The lowest BCUT2D eigenvalue weighted by Gasteiger charge is -2.36. The van der Waals surface area contributed by atoms with Gasteiger partial charge in [-0.1, -0.05) is 30.3 Å². The summed E-state index contributed by atoms with van der Waals surface area (Å²) in [6, 6.07) is 15.8. The molecule has 2 heterocycles. The molecule has 1 atom stereocenters. The van der Waals surface area contributed by atoms with Crippen LogP contribution in [0.1, 0.15) is 11.1 Å². The van der Waals surface area contributed by atoms with Crippen LogP contribution in [0.25, 0.3) is 0 Å². The lowest BCUT2D eigenvalue weighted by Crippen LogP contribution is -2.53. The Kier molecular flexibility index (Phi) is 5.26. The fourth-order valence-electron chi connectivity index (χ4n) is 3.82. The Bertz CT molecular complexity index is 1070. The predicted molar refractivity (Wildman–Crippen MR) is 106 cm³/mol. The second-order valence-corrected chi connectivity index (χ2v) is 9.06. The molecule has 4 rings (SSSR count). The molecule has 1 saturated heterocycles. The molecule has 2 aliphatic rings. The van der Waals surface area contributed by atoms with Crippen molar-refractivity contribution in [3.05, 3.63) is 59.7 Å². The van der Waals surface area contributed by atoms with Crippen LogP contribution < -0.4 is 4.74 Å². The zero-order valence-corrected chi connectivity index (χ0v) is 16.6. The van der Waals surface area contributed by atoms with Crippen molar-refractivity contribution < 1.29 is 17.9 Å². The average molecular weight is 411 g/mol. The van der Waals surface area contributed by atoms with Gasteiger partial charge in [0.25, 0.3) is 0 Å². The highest BCUT2D eigenvalue weighted by Gasteiger charge is 2.35. The van der Waals surface area contributed by atoms with Crippen LogP contribution in [0.5, 0.6) is 5.75 Å². The maximum Gasteiger partial charge on any atom is 0.244 e. The molecule has 2 aromatic carbocycles. The second kappa shape index (κ2) is 7.85. The van der Waals surface area contributed by atoms with Crippen molar-refractivity contribution in [3.63, 3.8) is 0 Å². The van der Waals surface area contributed by atoms with Gasteiger partial charge < -0.3 is 9.64 Å². The predicted octanol–water partition coefficient (Wildman–Crippen LogP) is 1.64. The van der Waals surface area contributed by atoms with E-state index in [1.54, 1.807) is 17.0 Å². The highest BCUT2D eigenvalue weighted by Crippen LogP contribution is 2.28. The molecule has 150 valence electrons. The Morgan fingerprint density at radius 1 is 1.03 bits per heavy atom. The van der Waals surface area contributed by atoms with Crippen LogP contribution in [0.4, 0.5) is 0 Å². The molecule has 0 spiro atoms. The first kappa shape index (κ1) is 19.4. The molecular weight excluding hydrogens is 390 g/mol. The van der Waals surface area contributed by atoms with Gasteiger partial charge in [0.15, 0.2) is 0 Å². The number of piperazine rings is 1. The summed E-state index contributed by atoms with van der Waals surface area (Å²) in [5.74, 6) is 0.560. The number of sulfonamides is 1. The van der Waals surface area contributed by atoms with Gasteiger partial charge in [-0.2, -0.15) is 9.57 Å². The first-order valence-electron chi connectivity index (χ1n) is 9.49. The Hall–Kier alpha value is -2.89. The lowest BCUT2D eigenvalue weighted by atomic mass is 9.95. The molecule has 1 fully saturated rings. The zero-order chi connectivity index (χ0) is 20.4. The number of ether oxygens (including phenoxy) is 1. The number of fused-ring (bicyclic) bond motifs is 1. The van der Waals surface area contributed by atoms with E-state index in [9.17, 15) is 18.5 Å². The molecule has 7 nitrogen and oxygen atoms in total. The fourth-order valence-corrected chi connectivity index (χ4v) is 5.38. The monoisotopic (exact) mass is 411 g/mol. The molecule has 1 unspecified atom stereocenters. The van der Waals surface area contributed by atoms with Crippen LogP contribution in [-0.2, 0) is 21.2 Å². The molecular formula is C21H21N3O4S. The number of nitrogens with zero attached hydrogens (tertiary/aromatic N) is 3. The van der Waals surface area contributed by atoms with Gasteiger partial charge in [-0.3, -0.25) is 4.79 Å². The number of para-hydroxylation sites is 1. The van der Waals surface area contributed by atoms with E-state index in [4.69, 9.17) is 4.74 Å². The molecule has 0 aromatic heterocycles. The smallest absolute Gasteiger partial charge is 0.244 e. The van der Waals surface area contributed by atoms with Gasteiger partial charge in [-0.15, -0.1) is 0 Å². The van der Waals surface area contributed by atoms with Gasteiger partial charge >= 0.3 is 0 Å². The molecule has 0 aliphatic carbocycles. The van der Waals surface area contributed by atoms with E-state index in [0.29, 0.717) is 26.1 Å². The number of carbonyl (C=O) groups excluding carboxylic acids is 1. The van der Waals surface area contributed by atoms with E-state index in [0.717, 1.165) is 11.3 Å². The van der Waals surface area contributed by atoms with Crippen molar-refractivity contribution in [1.29, 1.82) is 5.26 Å². The molecule has 0 N–H and O–H groups in total. The number of benzene rings is 2. The summed E-state index contributed by atoms with van der Waals surface area (Å²) in [6.07, 6.45) is 0.628. The van der Waals surface area contributed by atoms with E-state index >= 15 is 0 Å². The maximum atomic E-state index is 12.9. The summed E-state index contributed by atoms with van der Waals surface area (Å²) < 4.78 is 32.9. The molecule has 2 aliphatic heterocycles. The quantitative estimate of drug-likeness (QED) is 0.766. The molecule has 0 bridgehead atoms. The molecule has 1 amide bonds. The fraction of sp³-hybridized carbons (Fsp3) is 0.333. The van der Waals surface area contributed by atoms with Crippen LogP contribution in [0, 0.1) is 17.2 Å². The van der Waals surface area contributed by atoms with Crippen molar-refractivity contribution in [2.75, 3.05) is 32.8 Å². The summed E-state index contributed by atoms with van der Waals surface area (Å²) in [6.45, 7) is 1.40. The van der Waals surface area contributed by atoms with E-state index in [-0.39, 0.29) is 35.4 Å². The van der Waals surface area contributed by atoms with Crippen LogP contribution in [0.2, 0.25) is 0 Å². The summed E-state index contributed by atoms with van der Waals surface area (Å²) in [7, 11) is -3.77. The van der Waals surface area contributed by atoms with Crippen LogP contribution in [0.3, 0.4) is 0 Å². The molecule has 29 heavy (non-hydrogen) atoms. The summed E-state index contributed by atoms with van der Waals surface area (Å²) in [5.41, 5.74) is 1.15. The van der Waals surface area contributed by atoms with Crippen LogP contribution >= 0.6 is 0 Å². The summed E-state index contributed by atoms with van der Waals surface area (Å²) >= 11 is 0. The first-order valence-corrected chi connectivity index (χ1v) is 10.9. The van der Waals surface area contributed by atoms with Gasteiger partial charge in [-0.25, -0.2) is 8.42 Å². The molecule has 8 heteroatoms. The largest absolute Gasteiger partial charge is 0.492 e. The number of rotatable bonds is 3. The van der Waals surface area contributed by atoms with Crippen molar-refractivity contribution in [2.45, 2.75) is 11.3 Å². The maximum absolute atomic E-state index is 12.9. The SMILES string of the molecule is N#Cc1ccccc1S(=O)(=O)N1CCN(C(=O)C2COc3ccccc3C2)CC1. The van der Waals surface area contributed by atoms with Gasteiger partial charge in [-0.05, 0) is 30.2 Å². The Labute approximate surface area is 170 Å². The molecule has 0 radical (unpaired) electrons. The Morgan fingerprint density at radius 2 is 1.72 bits per heavy atom. The second-order valence-electron chi connectivity index (χ2n) is 7.16. The summed E-state index contributed by atoms with van der Waals surface area (Å²) in [4.78, 5) is 14.7. The minimum Gasteiger partial charge on any atom is -0.492 e. The number of amides is 1. The Balaban J connectivity index is 1.42. The van der Waals surface area contributed by atoms with Gasteiger partial charge in [0.1, 0.15) is 18.4 Å². The van der Waals surface area contributed by atoms with Crippen molar-refractivity contribution >= 4 is 15.9 Å².